The highest BCUT2D eigenvalue weighted by molar-refractivity contribution is 6.48. The van der Waals surface area contributed by atoms with Gasteiger partial charge in [-0.15, -0.1) is 0 Å². The van der Waals surface area contributed by atoms with Crippen LogP contribution in [0.2, 0.25) is 15.1 Å². The van der Waals surface area contributed by atoms with Gasteiger partial charge in [0.25, 0.3) is 5.91 Å². The first-order valence-corrected chi connectivity index (χ1v) is 11.0. The molecule has 1 atom stereocenters. The first-order chi connectivity index (χ1) is 15.3. The summed E-state index contributed by atoms with van der Waals surface area (Å²) >= 11 is 17.8. The van der Waals surface area contributed by atoms with E-state index in [2.05, 4.69) is 27.9 Å². The number of aromatic nitrogens is 2. The molecular formula is C23H18Cl3N3O3. The van der Waals surface area contributed by atoms with Crippen LogP contribution in [0.1, 0.15) is 24.3 Å². The van der Waals surface area contributed by atoms with Crippen LogP contribution in [0, 0.1) is 0 Å². The van der Waals surface area contributed by atoms with E-state index >= 15 is 0 Å². The number of aryl methyl sites for hydroxylation is 1. The lowest BCUT2D eigenvalue weighted by Crippen LogP contribution is -2.30. The van der Waals surface area contributed by atoms with Crippen molar-refractivity contribution in [2.45, 2.75) is 26.5 Å². The third-order valence-electron chi connectivity index (χ3n) is 5.12. The first kappa shape index (κ1) is 22.4. The van der Waals surface area contributed by atoms with Crippen LogP contribution in [-0.4, -0.2) is 27.5 Å². The van der Waals surface area contributed by atoms with Crippen LogP contribution in [0.3, 0.4) is 0 Å². The number of carbonyl (C=O) groups is 2. The predicted molar refractivity (Wildman–Crippen MR) is 128 cm³/mol. The number of benzene rings is 2. The second-order valence-electron chi connectivity index (χ2n) is 7.11. The second-order valence-corrected chi connectivity index (χ2v) is 8.28. The van der Waals surface area contributed by atoms with Crippen molar-refractivity contribution in [2.75, 3.05) is 5.32 Å². The molecular weight excluding hydrogens is 473 g/mol. The zero-order valence-corrected chi connectivity index (χ0v) is 19.4. The average Bonchev–Trinajstić information content (AvgIpc) is 3.10. The van der Waals surface area contributed by atoms with Crippen LogP contribution < -0.4 is 5.32 Å². The van der Waals surface area contributed by atoms with Crippen molar-refractivity contribution < 1.29 is 14.3 Å². The maximum atomic E-state index is 12.7. The number of halogens is 3. The highest BCUT2D eigenvalue weighted by Gasteiger charge is 2.24. The van der Waals surface area contributed by atoms with Gasteiger partial charge in [0.1, 0.15) is 0 Å². The number of nitrogens with one attached hydrogen (secondary N) is 1. The molecule has 0 aliphatic heterocycles. The number of carbonyl (C=O) groups excluding carboxylic acids is 2. The van der Waals surface area contributed by atoms with Crippen molar-refractivity contribution >= 4 is 74.2 Å². The summed E-state index contributed by atoms with van der Waals surface area (Å²) in [4.78, 5) is 28.9. The number of hydrogen-bond acceptors (Lipinski definition) is 4. The quantitative estimate of drug-likeness (QED) is 0.331. The lowest BCUT2D eigenvalue weighted by atomic mass is 10.1. The zero-order valence-electron chi connectivity index (χ0n) is 17.2. The predicted octanol–water partition coefficient (Wildman–Crippen LogP) is 6.35. The minimum Gasteiger partial charge on any atom is -0.448 e. The monoisotopic (exact) mass is 489 g/mol. The maximum Gasteiger partial charge on any atom is 0.359 e. The first-order valence-electron chi connectivity index (χ1n) is 9.84. The summed E-state index contributed by atoms with van der Waals surface area (Å²) in [7, 11) is 0. The number of esters is 1. The molecule has 0 fully saturated rings. The number of amides is 1. The Bertz CT molecular complexity index is 1370. The molecule has 2 heterocycles. The molecule has 0 spiro atoms. The maximum absolute atomic E-state index is 12.7. The number of ether oxygens (including phenoxy) is 1. The third-order valence-corrected chi connectivity index (χ3v) is 6.36. The Morgan fingerprint density at radius 3 is 2.53 bits per heavy atom. The summed E-state index contributed by atoms with van der Waals surface area (Å²) < 4.78 is 7.44. The molecule has 0 saturated carbocycles. The largest absolute Gasteiger partial charge is 0.448 e. The van der Waals surface area contributed by atoms with Gasteiger partial charge in [-0.25, -0.2) is 9.78 Å². The molecule has 1 N–H and O–H groups in total. The number of rotatable bonds is 5. The Morgan fingerprint density at radius 2 is 1.78 bits per heavy atom. The van der Waals surface area contributed by atoms with Gasteiger partial charge in [-0.2, -0.15) is 0 Å². The van der Waals surface area contributed by atoms with Gasteiger partial charge in [-0.1, -0.05) is 53.0 Å². The highest BCUT2D eigenvalue weighted by Crippen LogP contribution is 2.32. The number of hydrogen-bond donors (Lipinski definition) is 1. The summed E-state index contributed by atoms with van der Waals surface area (Å²) in [5.74, 6) is -1.37. The molecule has 6 nitrogen and oxygen atoms in total. The summed E-state index contributed by atoms with van der Waals surface area (Å²) in [6.45, 7) is 4.38. The van der Waals surface area contributed by atoms with E-state index in [4.69, 9.17) is 39.5 Å². The minimum atomic E-state index is -1.09. The standard InChI is InChI=1S/C23H18Cl3N3O3/c1-3-29-17-7-5-4-6-14(17)15-10-13(8-9-18(15)29)28-22(30)12(2)32-23(31)21-20(26)19(25)16(24)11-27-21/h4-12H,3H2,1-2H3,(H,28,30)/t12-/m0/s1. The molecule has 4 rings (SSSR count). The van der Waals surface area contributed by atoms with Gasteiger partial charge >= 0.3 is 5.97 Å². The zero-order chi connectivity index (χ0) is 23.0. The number of fused-ring (bicyclic) bond motifs is 3. The van der Waals surface area contributed by atoms with Crippen molar-refractivity contribution in [3.63, 3.8) is 0 Å². The average molecular weight is 491 g/mol. The molecule has 4 aromatic rings. The third kappa shape index (κ3) is 4.01. The van der Waals surface area contributed by atoms with Crippen molar-refractivity contribution in [1.82, 2.24) is 9.55 Å². The Hall–Kier alpha value is -2.80. The van der Waals surface area contributed by atoms with Gasteiger partial charge in [-0.3, -0.25) is 4.79 Å². The van der Waals surface area contributed by atoms with Gasteiger partial charge < -0.3 is 14.6 Å². The van der Waals surface area contributed by atoms with Crippen molar-refractivity contribution in [3.05, 3.63) is 69.4 Å². The van der Waals surface area contributed by atoms with Gasteiger partial charge in [0.05, 0.1) is 15.1 Å². The van der Waals surface area contributed by atoms with Gasteiger partial charge in [-0.05, 0) is 38.1 Å². The fourth-order valence-corrected chi connectivity index (χ4v) is 4.13. The van der Waals surface area contributed by atoms with Crippen LogP contribution in [-0.2, 0) is 16.1 Å². The van der Waals surface area contributed by atoms with E-state index in [1.165, 1.54) is 13.1 Å². The van der Waals surface area contributed by atoms with Crippen LogP contribution >= 0.6 is 34.8 Å². The highest BCUT2D eigenvalue weighted by atomic mass is 35.5. The smallest absolute Gasteiger partial charge is 0.359 e. The van der Waals surface area contributed by atoms with Crippen LogP contribution in [0.5, 0.6) is 0 Å². The van der Waals surface area contributed by atoms with E-state index < -0.39 is 18.0 Å². The fourth-order valence-electron chi connectivity index (χ4n) is 3.57. The van der Waals surface area contributed by atoms with Gasteiger partial charge in [0, 0.05) is 40.2 Å². The Balaban J connectivity index is 1.54. The molecule has 0 saturated heterocycles. The number of anilines is 1. The Labute approximate surface area is 199 Å². The number of nitrogens with zero attached hydrogens (tertiary/aromatic N) is 2. The van der Waals surface area contributed by atoms with E-state index in [0.29, 0.717) is 5.69 Å². The summed E-state index contributed by atoms with van der Waals surface area (Å²) in [6.07, 6.45) is 0.0986. The van der Waals surface area contributed by atoms with Crippen LogP contribution in [0.25, 0.3) is 21.8 Å². The molecule has 32 heavy (non-hydrogen) atoms. The van der Waals surface area contributed by atoms with Crippen LogP contribution in [0.15, 0.2) is 48.7 Å². The normalized spacial score (nSPS) is 12.2. The SMILES string of the molecule is CCn1c2ccccc2c2cc(NC(=O)[C@H](C)OC(=O)c3ncc(Cl)c(Cl)c3Cl)ccc21. The Kier molecular flexibility index (Phi) is 6.29. The molecule has 0 radical (unpaired) electrons. The van der Waals surface area contributed by atoms with E-state index in [0.717, 1.165) is 28.4 Å². The molecule has 0 aliphatic rings. The van der Waals surface area contributed by atoms with Crippen molar-refractivity contribution in [1.29, 1.82) is 0 Å². The number of para-hydroxylation sites is 1. The molecule has 9 heteroatoms. The molecule has 0 unspecified atom stereocenters. The van der Waals surface area contributed by atoms with Gasteiger partial charge in [0.2, 0.25) is 0 Å². The van der Waals surface area contributed by atoms with Crippen molar-refractivity contribution in [3.8, 4) is 0 Å². The van der Waals surface area contributed by atoms with E-state index in [9.17, 15) is 9.59 Å². The van der Waals surface area contributed by atoms with E-state index in [1.54, 1.807) is 0 Å². The topological polar surface area (TPSA) is 73.2 Å². The Morgan fingerprint density at radius 1 is 1.06 bits per heavy atom. The fraction of sp³-hybridized carbons (Fsp3) is 0.174. The molecule has 0 aliphatic carbocycles. The van der Waals surface area contributed by atoms with Gasteiger partial charge in [0.15, 0.2) is 11.8 Å². The summed E-state index contributed by atoms with van der Waals surface area (Å²) in [5.41, 5.74) is 2.58. The lowest BCUT2D eigenvalue weighted by Gasteiger charge is -2.14. The minimum absolute atomic E-state index is 0.00747. The van der Waals surface area contributed by atoms with E-state index in [1.807, 2.05) is 36.4 Å². The van der Waals surface area contributed by atoms with Crippen molar-refractivity contribution in [2.24, 2.45) is 0 Å². The second kappa shape index (κ2) is 8.98. The molecule has 2 aromatic carbocycles. The summed E-state index contributed by atoms with van der Waals surface area (Å²) in [6, 6.07) is 13.8. The molecule has 164 valence electrons. The lowest BCUT2D eigenvalue weighted by molar-refractivity contribution is -0.123. The van der Waals surface area contributed by atoms with E-state index in [-0.39, 0.29) is 20.8 Å². The molecule has 1 amide bonds. The van der Waals surface area contributed by atoms with Crippen LogP contribution in [0.4, 0.5) is 5.69 Å². The number of pyridine rings is 1. The molecule has 2 aromatic heterocycles. The summed E-state index contributed by atoms with van der Waals surface area (Å²) in [5, 5.41) is 4.89. The molecule has 0 bridgehead atoms.